The van der Waals surface area contributed by atoms with E-state index in [-0.39, 0.29) is 6.04 Å². The fourth-order valence-electron chi connectivity index (χ4n) is 1.98. The molecule has 0 spiro atoms. The zero-order chi connectivity index (χ0) is 15.2. The van der Waals surface area contributed by atoms with E-state index in [1.807, 2.05) is 25.1 Å². The normalized spacial score (nSPS) is 12.0. The molecule has 0 aliphatic carbocycles. The Hall–Kier alpha value is -1.85. The molecule has 0 radical (unpaired) electrons. The Bertz CT molecular complexity index is 607. The lowest BCUT2D eigenvalue weighted by atomic mass is 10.1. The van der Waals surface area contributed by atoms with Crippen molar-refractivity contribution in [3.05, 3.63) is 47.0 Å². The zero-order valence-corrected chi connectivity index (χ0v) is 13.0. The Kier molecular flexibility index (Phi) is 5.36. The van der Waals surface area contributed by atoms with Crippen LogP contribution in [0.2, 0.25) is 5.15 Å². The Morgan fingerprint density at radius 2 is 1.86 bits per heavy atom. The van der Waals surface area contributed by atoms with Crippen molar-refractivity contribution in [2.45, 2.75) is 19.5 Å². The molecule has 0 bridgehead atoms. The van der Waals surface area contributed by atoms with Crippen molar-refractivity contribution >= 4 is 11.6 Å². The summed E-state index contributed by atoms with van der Waals surface area (Å²) in [6.07, 6.45) is 3.21. The summed E-state index contributed by atoms with van der Waals surface area (Å²) in [6.45, 7) is 2.66. The van der Waals surface area contributed by atoms with Gasteiger partial charge in [-0.05, 0) is 24.6 Å². The summed E-state index contributed by atoms with van der Waals surface area (Å²) in [5.41, 5.74) is 1.82. The van der Waals surface area contributed by atoms with Gasteiger partial charge in [0.25, 0.3) is 0 Å². The molecule has 0 aliphatic rings. The van der Waals surface area contributed by atoms with E-state index in [2.05, 4.69) is 15.3 Å². The Balaban J connectivity index is 2.04. The van der Waals surface area contributed by atoms with Crippen LogP contribution in [0.3, 0.4) is 0 Å². The molecular weight excluding hydrogens is 290 g/mol. The minimum absolute atomic E-state index is 0.000651. The van der Waals surface area contributed by atoms with Crippen LogP contribution in [0.15, 0.2) is 30.6 Å². The van der Waals surface area contributed by atoms with Crippen LogP contribution in [0.5, 0.6) is 11.5 Å². The van der Waals surface area contributed by atoms with Gasteiger partial charge in [0, 0.05) is 18.9 Å². The molecule has 1 N–H and O–H groups in total. The number of rotatable bonds is 6. The van der Waals surface area contributed by atoms with Crippen LogP contribution in [0.1, 0.15) is 24.2 Å². The third-order valence-electron chi connectivity index (χ3n) is 3.15. The fraction of sp³-hybridized carbons (Fsp3) is 0.333. The molecule has 1 aromatic heterocycles. The van der Waals surface area contributed by atoms with Crippen molar-refractivity contribution in [3.63, 3.8) is 0 Å². The zero-order valence-electron chi connectivity index (χ0n) is 12.3. The van der Waals surface area contributed by atoms with Crippen LogP contribution in [0.4, 0.5) is 0 Å². The van der Waals surface area contributed by atoms with E-state index in [4.69, 9.17) is 21.1 Å². The van der Waals surface area contributed by atoms with Crippen LogP contribution in [0.25, 0.3) is 0 Å². The van der Waals surface area contributed by atoms with Gasteiger partial charge in [0.2, 0.25) is 0 Å². The van der Waals surface area contributed by atoms with E-state index in [1.165, 1.54) is 0 Å². The van der Waals surface area contributed by atoms with Crippen LogP contribution >= 0.6 is 11.6 Å². The van der Waals surface area contributed by atoms with Crippen molar-refractivity contribution in [2.24, 2.45) is 0 Å². The molecule has 1 unspecified atom stereocenters. The van der Waals surface area contributed by atoms with Gasteiger partial charge >= 0.3 is 0 Å². The highest BCUT2D eigenvalue weighted by Crippen LogP contribution is 2.27. The summed E-state index contributed by atoms with van der Waals surface area (Å²) in [4.78, 5) is 8.28. The highest BCUT2D eigenvalue weighted by molar-refractivity contribution is 6.30. The number of nitrogens with one attached hydrogen (secondary N) is 1. The van der Waals surface area contributed by atoms with Gasteiger partial charge in [0.1, 0.15) is 0 Å². The van der Waals surface area contributed by atoms with Gasteiger partial charge in [0.15, 0.2) is 16.7 Å². The van der Waals surface area contributed by atoms with Crippen molar-refractivity contribution < 1.29 is 9.47 Å². The Morgan fingerprint density at radius 3 is 2.52 bits per heavy atom. The predicted octanol–water partition coefficient (Wildman–Crippen LogP) is 3.00. The molecule has 0 amide bonds. The minimum atomic E-state index is -0.000651. The second-order valence-electron chi connectivity index (χ2n) is 4.52. The standard InChI is InChI=1S/C15H18ClN3O2/c1-10(14-15(16)18-7-6-17-14)19-9-11-4-5-12(20-2)13(8-11)21-3/h4-8,10,19H,9H2,1-3H3. The van der Waals surface area contributed by atoms with E-state index in [1.54, 1.807) is 26.6 Å². The Morgan fingerprint density at radius 1 is 1.14 bits per heavy atom. The van der Waals surface area contributed by atoms with Crippen LogP contribution in [-0.4, -0.2) is 24.2 Å². The smallest absolute Gasteiger partial charge is 0.161 e. The number of nitrogens with zero attached hydrogens (tertiary/aromatic N) is 2. The second-order valence-corrected chi connectivity index (χ2v) is 4.88. The van der Waals surface area contributed by atoms with Crippen LogP contribution < -0.4 is 14.8 Å². The molecule has 1 aromatic carbocycles. The summed E-state index contributed by atoms with van der Waals surface area (Å²) in [5, 5.41) is 3.78. The number of ether oxygens (including phenoxy) is 2. The predicted molar refractivity (Wildman–Crippen MR) is 81.8 cm³/mol. The van der Waals surface area contributed by atoms with E-state index in [0.29, 0.717) is 23.2 Å². The number of methoxy groups -OCH3 is 2. The van der Waals surface area contributed by atoms with Gasteiger partial charge in [0.05, 0.1) is 26.0 Å². The van der Waals surface area contributed by atoms with E-state index < -0.39 is 0 Å². The van der Waals surface area contributed by atoms with Gasteiger partial charge in [-0.3, -0.25) is 4.98 Å². The average molecular weight is 308 g/mol. The fourth-order valence-corrected chi connectivity index (χ4v) is 2.25. The van der Waals surface area contributed by atoms with E-state index in [0.717, 1.165) is 11.3 Å². The SMILES string of the molecule is COc1ccc(CNC(C)c2nccnc2Cl)cc1OC. The number of hydrogen-bond donors (Lipinski definition) is 1. The number of halogens is 1. The molecule has 0 saturated heterocycles. The molecule has 1 heterocycles. The topological polar surface area (TPSA) is 56.3 Å². The van der Waals surface area contributed by atoms with Gasteiger partial charge in [-0.2, -0.15) is 0 Å². The molecule has 0 fully saturated rings. The lowest BCUT2D eigenvalue weighted by Gasteiger charge is -2.15. The maximum atomic E-state index is 6.04. The first-order valence-electron chi connectivity index (χ1n) is 6.56. The molecule has 2 aromatic rings. The number of aromatic nitrogens is 2. The molecular formula is C15H18ClN3O2. The first kappa shape index (κ1) is 15.5. The first-order chi connectivity index (χ1) is 10.2. The summed E-state index contributed by atoms with van der Waals surface area (Å²) in [7, 11) is 3.24. The van der Waals surface area contributed by atoms with Crippen molar-refractivity contribution in [3.8, 4) is 11.5 Å². The second kappa shape index (κ2) is 7.24. The van der Waals surface area contributed by atoms with Gasteiger partial charge in [-0.1, -0.05) is 17.7 Å². The summed E-state index contributed by atoms with van der Waals surface area (Å²) >= 11 is 6.04. The first-order valence-corrected chi connectivity index (χ1v) is 6.94. The summed E-state index contributed by atoms with van der Waals surface area (Å²) in [6, 6.07) is 5.81. The maximum Gasteiger partial charge on any atom is 0.161 e. The molecule has 1 atom stereocenters. The molecule has 6 heteroatoms. The van der Waals surface area contributed by atoms with Gasteiger partial charge in [-0.25, -0.2) is 4.98 Å². The third-order valence-corrected chi connectivity index (χ3v) is 3.44. The highest BCUT2D eigenvalue weighted by atomic mass is 35.5. The Labute approximate surface area is 129 Å². The molecule has 5 nitrogen and oxygen atoms in total. The van der Waals surface area contributed by atoms with E-state index in [9.17, 15) is 0 Å². The van der Waals surface area contributed by atoms with Crippen molar-refractivity contribution in [2.75, 3.05) is 14.2 Å². The van der Waals surface area contributed by atoms with Gasteiger partial charge in [-0.15, -0.1) is 0 Å². The summed E-state index contributed by atoms with van der Waals surface area (Å²) < 4.78 is 10.5. The van der Waals surface area contributed by atoms with Crippen molar-refractivity contribution in [1.29, 1.82) is 0 Å². The lowest BCUT2D eigenvalue weighted by molar-refractivity contribution is 0.354. The largest absolute Gasteiger partial charge is 0.493 e. The molecule has 112 valence electrons. The van der Waals surface area contributed by atoms with E-state index >= 15 is 0 Å². The maximum absolute atomic E-state index is 6.04. The molecule has 0 saturated carbocycles. The van der Waals surface area contributed by atoms with Crippen molar-refractivity contribution in [1.82, 2.24) is 15.3 Å². The molecule has 0 aliphatic heterocycles. The molecule has 2 rings (SSSR count). The minimum Gasteiger partial charge on any atom is -0.493 e. The van der Waals surface area contributed by atoms with Crippen LogP contribution in [-0.2, 0) is 6.54 Å². The average Bonchev–Trinajstić information content (AvgIpc) is 2.52. The monoisotopic (exact) mass is 307 g/mol. The lowest BCUT2D eigenvalue weighted by Crippen LogP contribution is -2.19. The van der Waals surface area contributed by atoms with Crippen LogP contribution in [0, 0.1) is 0 Å². The number of benzene rings is 1. The van der Waals surface area contributed by atoms with Gasteiger partial charge < -0.3 is 14.8 Å². The molecule has 21 heavy (non-hydrogen) atoms. The highest BCUT2D eigenvalue weighted by Gasteiger charge is 2.12. The third kappa shape index (κ3) is 3.83. The summed E-state index contributed by atoms with van der Waals surface area (Å²) in [5.74, 6) is 1.42. The quantitative estimate of drug-likeness (QED) is 0.889. The number of hydrogen-bond acceptors (Lipinski definition) is 5.